The average molecular weight is 289 g/mol. The number of benzene rings is 1. The molecule has 1 aromatic carbocycles. The Morgan fingerprint density at radius 2 is 1.95 bits per heavy atom. The van der Waals surface area contributed by atoms with Crippen LogP contribution in [0.5, 0.6) is 0 Å². The molecule has 0 heterocycles. The third-order valence-corrected chi connectivity index (χ3v) is 3.65. The van der Waals surface area contributed by atoms with Crippen molar-refractivity contribution in [3.63, 3.8) is 0 Å². The second-order valence-corrected chi connectivity index (χ2v) is 5.29. The number of allylic oxidation sites excluding steroid dienone is 3. The molecule has 0 fully saturated rings. The Bertz CT molecular complexity index is 502. The highest BCUT2D eigenvalue weighted by Gasteiger charge is 2.02. The van der Waals surface area contributed by atoms with Crippen LogP contribution in [0.15, 0.2) is 47.2 Å². The molecule has 0 N–H and O–H groups in total. The van der Waals surface area contributed by atoms with Crippen molar-refractivity contribution in [3.05, 3.63) is 57.8 Å². The van der Waals surface area contributed by atoms with E-state index in [0.29, 0.717) is 0 Å². The first kappa shape index (κ1) is 16.8. The van der Waals surface area contributed by atoms with Gasteiger partial charge in [0.05, 0.1) is 0 Å². The van der Waals surface area contributed by atoms with Crippen molar-refractivity contribution in [2.45, 2.75) is 52.9 Å². The molecule has 0 aliphatic heterocycles. The lowest BCUT2D eigenvalue weighted by Gasteiger charge is -2.07. The van der Waals surface area contributed by atoms with Gasteiger partial charge in [0, 0.05) is 10.6 Å². The minimum absolute atomic E-state index is 0.785. The molecular formula is C19H25Cl. The van der Waals surface area contributed by atoms with Crippen LogP contribution in [-0.4, -0.2) is 0 Å². The van der Waals surface area contributed by atoms with Gasteiger partial charge < -0.3 is 0 Å². The predicted molar refractivity (Wildman–Crippen MR) is 91.1 cm³/mol. The Morgan fingerprint density at radius 3 is 2.55 bits per heavy atom. The fraction of sp³-hybridized carbons (Fsp3) is 0.421. The largest absolute Gasteiger partial charge is 0.116 e. The quantitative estimate of drug-likeness (QED) is 0.381. The van der Waals surface area contributed by atoms with E-state index in [0.717, 1.165) is 29.8 Å². The van der Waals surface area contributed by atoms with Crippen molar-refractivity contribution in [2.24, 2.45) is 0 Å². The first-order valence-corrected chi connectivity index (χ1v) is 8.00. The van der Waals surface area contributed by atoms with Gasteiger partial charge in [-0.3, -0.25) is 0 Å². The Morgan fingerprint density at radius 1 is 1.20 bits per heavy atom. The van der Waals surface area contributed by atoms with Gasteiger partial charge in [0.25, 0.3) is 0 Å². The van der Waals surface area contributed by atoms with Crippen LogP contribution in [0.25, 0.3) is 6.08 Å². The van der Waals surface area contributed by atoms with Crippen LogP contribution in [0, 0.1) is 0 Å². The van der Waals surface area contributed by atoms with Gasteiger partial charge >= 0.3 is 0 Å². The highest BCUT2D eigenvalue weighted by Crippen LogP contribution is 2.21. The van der Waals surface area contributed by atoms with Crippen molar-refractivity contribution in [2.75, 3.05) is 0 Å². The third-order valence-electron chi connectivity index (χ3n) is 3.31. The van der Waals surface area contributed by atoms with Crippen LogP contribution in [0.1, 0.15) is 58.4 Å². The molecule has 0 amide bonds. The van der Waals surface area contributed by atoms with E-state index in [-0.39, 0.29) is 0 Å². The monoisotopic (exact) mass is 288 g/mol. The van der Waals surface area contributed by atoms with Crippen molar-refractivity contribution >= 4 is 17.7 Å². The molecule has 0 aliphatic rings. The number of hydrogen-bond donors (Lipinski definition) is 0. The van der Waals surface area contributed by atoms with E-state index in [9.17, 15) is 0 Å². The predicted octanol–water partition coefficient (Wildman–Crippen LogP) is 6.82. The van der Waals surface area contributed by atoms with Gasteiger partial charge in [0.15, 0.2) is 0 Å². The van der Waals surface area contributed by atoms with Gasteiger partial charge in [0.2, 0.25) is 0 Å². The lowest BCUT2D eigenvalue weighted by atomic mass is 9.97. The summed E-state index contributed by atoms with van der Waals surface area (Å²) < 4.78 is 0. The van der Waals surface area contributed by atoms with Gasteiger partial charge in [0.1, 0.15) is 0 Å². The number of hydrogen-bond acceptors (Lipinski definition) is 0. The number of rotatable bonds is 7. The van der Waals surface area contributed by atoms with Crippen molar-refractivity contribution in [3.8, 4) is 0 Å². The second-order valence-electron chi connectivity index (χ2n) is 4.88. The van der Waals surface area contributed by atoms with E-state index in [1.165, 1.54) is 24.0 Å². The number of halogens is 1. The molecule has 1 aromatic rings. The van der Waals surface area contributed by atoms with Crippen LogP contribution < -0.4 is 0 Å². The Labute approximate surface area is 128 Å². The zero-order chi connectivity index (χ0) is 14.8. The molecule has 0 spiro atoms. The first-order chi connectivity index (χ1) is 9.72. The van der Waals surface area contributed by atoms with Crippen molar-refractivity contribution in [1.29, 1.82) is 0 Å². The summed E-state index contributed by atoms with van der Waals surface area (Å²) >= 11 is 6.19. The maximum Gasteiger partial charge on any atom is 0.0484 e. The average Bonchev–Trinajstić information content (AvgIpc) is 2.47. The zero-order valence-corrected chi connectivity index (χ0v) is 13.6. The van der Waals surface area contributed by atoms with Crippen LogP contribution in [0.3, 0.4) is 0 Å². The van der Waals surface area contributed by atoms with Gasteiger partial charge in [-0.15, -0.1) is 5.73 Å². The Hall–Kier alpha value is -1.23. The summed E-state index contributed by atoms with van der Waals surface area (Å²) in [7, 11) is 0. The maximum atomic E-state index is 6.19. The molecule has 0 atom stereocenters. The molecule has 0 radical (unpaired) electrons. The fourth-order valence-electron chi connectivity index (χ4n) is 2.16. The minimum atomic E-state index is 0.785. The molecule has 0 nitrogen and oxygen atoms in total. The lowest BCUT2D eigenvalue weighted by molar-refractivity contribution is 0.785. The van der Waals surface area contributed by atoms with Gasteiger partial charge in [-0.1, -0.05) is 63.1 Å². The molecule has 0 bridgehead atoms. The van der Waals surface area contributed by atoms with E-state index in [4.69, 9.17) is 11.6 Å². The minimum Gasteiger partial charge on any atom is -0.116 e. The van der Waals surface area contributed by atoms with Crippen molar-refractivity contribution < 1.29 is 0 Å². The Kier molecular flexibility index (Phi) is 8.11. The summed E-state index contributed by atoms with van der Waals surface area (Å²) in [5.41, 5.74) is 7.27. The van der Waals surface area contributed by atoms with E-state index in [1.54, 1.807) is 0 Å². The third kappa shape index (κ3) is 5.41. The Balaban J connectivity index is 3.12. The highest BCUT2D eigenvalue weighted by atomic mass is 35.5. The van der Waals surface area contributed by atoms with E-state index < -0.39 is 0 Å². The maximum absolute atomic E-state index is 6.19. The highest BCUT2D eigenvalue weighted by molar-refractivity contribution is 6.32. The van der Waals surface area contributed by atoms with Crippen LogP contribution >= 0.6 is 11.6 Å². The summed E-state index contributed by atoms with van der Waals surface area (Å²) in [6, 6.07) is 7.91. The smallest absolute Gasteiger partial charge is 0.0484 e. The summed E-state index contributed by atoms with van der Waals surface area (Å²) in [4.78, 5) is 0. The SMILES string of the molecule is CC/C=C(\CC)C(=C=Cc1ccccc1Cl)CCCC. The zero-order valence-electron chi connectivity index (χ0n) is 12.9. The molecule has 0 unspecified atom stereocenters. The van der Waals surface area contributed by atoms with E-state index in [2.05, 4.69) is 32.6 Å². The first-order valence-electron chi connectivity index (χ1n) is 7.62. The fourth-order valence-corrected chi connectivity index (χ4v) is 2.35. The van der Waals surface area contributed by atoms with Crippen LogP contribution in [-0.2, 0) is 0 Å². The van der Waals surface area contributed by atoms with Gasteiger partial charge in [-0.25, -0.2) is 0 Å². The topological polar surface area (TPSA) is 0 Å². The molecule has 0 aliphatic carbocycles. The van der Waals surface area contributed by atoms with E-state index in [1.807, 2.05) is 30.3 Å². The summed E-state index contributed by atoms with van der Waals surface area (Å²) in [6.07, 6.45) is 9.99. The standard InChI is InChI=1S/C19H25Cl/c1-4-7-11-17(16(6-3)10-5-2)14-15-18-12-8-9-13-19(18)20/h8-10,12-13,15H,4-7,11H2,1-3H3/b16-10+. The summed E-state index contributed by atoms with van der Waals surface area (Å²) in [6.45, 7) is 6.63. The molecule has 0 saturated heterocycles. The second kappa shape index (κ2) is 9.64. The van der Waals surface area contributed by atoms with Crippen molar-refractivity contribution in [1.82, 2.24) is 0 Å². The summed E-state index contributed by atoms with van der Waals surface area (Å²) in [5, 5.41) is 0.785. The molecule has 1 rings (SSSR count). The van der Waals surface area contributed by atoms with Crippen LogP contribution in [0.2, 0.25) is 5.02 Å². The number of unbranched alkanes of at least 4 members (excludes halogenated alkanes) is 1. The van der Waals surface area contributed by atoms with Crippen LogP contribution in [0.4, 0.5) is 0 Å². The van der Waals surface area contributed by atoms with Gasteiger partial charge in [-0.2, -0.15) is 0 Å². The molecule has 20 heavy (non-hydrogen) atoms. The normalized spacial score (nSPS) is 11.1. The molecule has 0 aromatic heterocycles. The summed E-state index contributed by atoms with van der Waals surface area (Å²) in [5.74, 6) is 0. The van der Waals surface area contributed by atoms with Gasteiger partial charge in [-0.05, 0) is 49.0 Å². The molecular weight excluding hydrogens is 264 g/mol. The molecule has 1 heteroatoms. The lowest BCUT2D eigenvalue weighted by Crippen LogP contribution is -1.89. The molecule has 108 valence electrons. The molecule has 0 saturated carbocycles. The van der Waals surface area contributed by atoms with E-state index >= 15 is 0 Å².